The second-order valence-corrected chi connectivity index (χ2v) is 7.51. The van der Waals surface area contributed by atoms with Gasteiger partial charge in [0.25, 0.3) is 5.91 Å². The molecule has 1 amide bonds. The second kappa shape index (κ2) is 7.89. The number of rotatable bonds is 5. The van der Waals surface area contributed by atoms with E-state index in [9.17, 15) is 4.79 Å². The van der Waals surface area contributed by atoms with Gasteiger partial charge in [-0.15, -0.1) is 11.3 Å². The van der Waals surface area contributed by atoms with Gasteiger partial charge in [0.15, 0.2) is 10.8 Å². The van der Waals surface area contributed by atoms with Crippen molar-refractivity contribution >= 4 is 22.4 Å². The molecule has 2 aromatic heterocycles. The maximum atomic E-state index is 12.6. The number of ether oxygens (including phenoxy) is 1. The molecule has 0 aliphatic rings. The van der Waals surface area contributed by atoms with Gasteiger partial charge in [-0.3, -0.25) is 10.1 Å². The number of aryl methyl sites for hydroxylation is 2. The number of methoxy groups -OCH3 is 1. The van der Waals surface area contributed by atoms with E-state index in [2.05, 4.69) is 47.4 Å². The van der Waals surface area contributed by atoms with Crippen molar-refractivity contribution in [3.8, 4) is 22.7 Å². The van der Waals surface area contributed by atoms with Crippen molar-refractivity contribution in [1.82, 2.24) is 14.8 Å². The van der Waals surface area contributed by atoms with Gasteiger partial charge < -0.3 is 4.74 Å². The molecule has 0 saturated carbocycles. The largest absolute Gasteiger partial charge is 0.497 e. The average Bonchev–Trinajstić information content (AvgIpc) is 3.38. The molecule has 4 aromatic rings. The maximum Gasteiger partial charge on any atom is 0.277 e. The number of aromatic nitrogens is 3. The molecule has 2 aromatic carbocycles. The maximum absolute atomic E-state index is 12.6. The molecule has 7 heteroatoms. The Hall–Kier alpha value is -3.45. The first kappa shape index (κ1) is 18.9. The highest BCUT2D eigenvalue weighted by Gasteiger charge is 2.14. The van der Waals surface area contributed by atoms with Gasteiger partial charge >= 0.3 is 0 Å². The number of nitrogens with zero attached hydrogens (tertiary/aromatic N) is 3. The zero-order valence-electron chi connectivity index (χ0n) is 16.3. The summed E-state index contributed by atoms with van der Waals surface area (Å²) >= 11 is 1.40. The van der Waals surface area contributed by atoms with Crippen LogP contribution in [0.25, 0.3) is 16.9 Å². The third-order valence-corrected chi connectivity index (χ3v) is 5.30. The summed E-state index contributed by atoms with van der Waals surface area (Å²) in [6.45, 7) is 4.13. The molecular formula is C22H20N4O2S. The summed E-state index contributed by atoms with van der Waals surface area (Å²) in [4.78, 5) is 17.1. The van der Waals surface area contributed by atoms with Crippen LogP contribution in [0.4, 0.5) is 5.13 Å². The molecule has 6 nitrogen and oxygen atoms in total. The Labute approximate surface area is 172 Å². The summed E-state index contributed by atoms with van der Waals surface area (Å²) < 4.78 is 6.81. The monoisotopic (exact) mass is 404 g/mol. The third-order valence-electron chi connectivity index (χ3n) is 4.54. The lowest BCUT2D eigenvalue weighted by atomic mass is 10.0. The van der Waals surface area contributed by atoms with Gasteiger partial charge in [-0.05, 0) is 49.7 Å². The quantitative estimate of drug-likeness (QED) is 0.515. The minimum absolute atomic E-state index is 0.293. The van der Waals surface area contributed by atoms with E-state index in [0.717, 1.165) is 28.3 Å². The van der Waals surface area contributed by atoms with Crippen LogP contribution in [0.5, 0.6) is 5.75 Å². The van der Waals surface area contributed by atoms with Gasteiger partial charge in [-0.2, -0.15) is 5.10 Å². The van der Waals surface area contributed by atoms with Crippen LogP contribution in [0.1, 0.15) is 21.6 Å². The number of hydrogen-bond acceptors (Lipinski definition) is 5. The van der Waals surface area contributed by atoms with Crippen molar-refractivity contribution < 1.29 is 9.53 Å². The Morgan fingerprint density at radius 2 is 1.90 bits per heavy atom. The number of benzene rings is 2. The van der Waals surface area contributed by atoms with E-state index in [4.69, 9.17) is 4.74 Å². The fourth-order valence-electron chi connectivity index (χ4n) is 3.04. The first-order valence-electron chi connectivity index (χ1n) is 9.08. The standard InChI is InChI=1S/C22H20N4O2S/c1-14-4-9-18(15(2)12-14)20-13-29-22(23-20)24-21(27)19-10-11-26(25-19)16-5-7-17(28-3)8-6-16/h4-13H,1-3H3,(H,23,24,27). The molecule has 146 valence electrons. The highest BCUT2D eigenvalue weighted by atomic mass is 32.1. The number of carbonyl (C=O) groups excluding carboxylic acids is 1. The first-order valence-corrected chi connectivity index (χ1v) is 9.96. The Bertz CT molecular complexity index is 1160. The fourth-order valence-corrected chi connectivity index (χ4v) is 3.75. The fraction of sp³-hybridized carbons (Fsp3) is 0.136. The van der Waals surface area contributed by atoms with Crippen LogP contribution in [-0.4, -0.2) is 27.8 Å². The molecule has 0 saturated heterocycles. The van der Waals surface area contributed by atoms with Gasteiger partial charge in [0, 0.05) is 17.1 Å². The Morgan fingerprint density at radius 3 is 2.62 bits per heavy atom. The number of amides is 1. The molecule has 0 aliphatic heterocycles. The van der Waals surface area contributed by atoms with Crippen LogP contribution in [-0.2, 0) is 0 Å². The lowest BCUT2D eigenvalue weighted by molar-refractivity contribution is 0.102. The first-order chi connectivity index (χ1) is 14.0. The number of hydrogen-bond donors (Lipinski definition) is 1. The predicted octanol–water partition coefficient (Wildman–Crippen LogP) is 4.87. The molecule has 1 N–H and O–H groups in total. The molecule has 29 heavy (non-hydrogen) atoms. The summed E-state index contributed by atoms with van der Waals surface area (Å²) in [5, 5.41) is 9.69. The van der Waals surface area contributed by atoms with Crippen LogP contribution in [0.3, 0.4) is 0 Å². The number of nitrogens with one attached hydrogen (secondary N) is 1. The van der Waals surface area contributed by atoms with Crippen molar-refractivity contribution in [3.63, 3.8) is 0 Å². The zero-order chi connectivity index (χ0) is 20.4. The molecule has 4 rings (SSSR count). The van der Waals surface area contributed by atoms with Crippen LogP contribution < -0.4 is 10.1 Å². The highest BCUT2D eigenvalue weighted by molar-refractivity contribution is 7.14. The molecule has 0 aliphatic carbocycles. The van der Waals surface area contributed by atoms with Gasteiger partial charge in [-0.25, -0.2) is 9.67 Å². The SMILES string of the molecule is COc1ccc(-n2ccc(C(=O)Nc3nc(-c4ccc(C)cc4C)cs3)n2)cc1. The summed E-state index contributed by atoms with van der Waals surface area (Å²) in [7, 11) is 1.62. The Kier molecular flexibility index (Phi) is 5.14. The molecule has 0 spiro atoms. The Morgan fingerprint density at radius 1 is 1.10 bits per heavy atom. The molecule has 0 unspecified atom stereocenters. The van der Waals surface area contributed by atoms with Crippen molar-refractivity contribution in [3.05, 3.63) is 76.9 Å². The van der Waals surface area contributed by atoms with Crippen LogP contribution in [0.2, 0.25) is 0 Å². The smallest absolute Gasteiger partial charge is 0.277 e. The van der Waals surface area contributed by atoms with Crippen molar-refractivity contribution in [1.29, 1.82) is 0 Å². The van der Waals surface area contributed by atoms with E-state index < -0.39 is 0 Å². The van der Waals surface area contributed by atoms with Crippen molar-refractivity contribution in [2.75, 3.05) is 12.4 Å². The lowest BCUT2D eigenvalue weighted by Gasteiger charge is -2.04. The molecule has 0 radical (unpaired) electrons. The number of anilines is 1. The van der Waals surface area contributed by atoms with Gasteiger partial charge in [0.1, 0.15) is 5.75 Å². The van der Waals surface area contributed by atoms with E-state index in [0.29, 0.717) is 10.8 Å². The normalized spacial score (nSPS) is 10.7. The Balaban J connectivity index is 1.49. The van der Waals surface area contributed by atoms with Crippen LogP contribution in [0, 0.1) is 13.8 Å². The summed E-state index contributed by atoms with van der Waals surface area (Å²) in [5.41, 5.74) is 5.46. The third kappa shape index (κ3) is 4.05. The summed E-state index contributed by atoms with van der Waals surface area (Å²) in [6, 6.07) is 15.4. The second-order valence-electron chi connectivity index (χ2n) is 6.65. The molecular weight excluding hydrogens is 384 g/mol. The van der Waals surface area contributed by atoms with E-state index in [1.807, 2.05) is 29.6 Å². The van der Waals surface area contributed by atoms with E-state index in [-0.39, 0.29) is 5.91 Å². The van der Waals surface area contributed by atoms with Gasteiger partial charge in [-0.1, -0.05) is 23.8 Å². The van der Waals surface area contributed by atoms with E-state index in [1.165, 1.54) is 16.9 Å². The highest BCUT2D eigenvalue weighted by Crippen LogP contribution is 2.28. The van der Waals surface area contributed by atoms with E-state index >= 15 is 0 Å². The predicted molar refractivity (Wildman–Crippen MR) is 115 cm³/mol. The minimum Gasteiger partial charge on any atom is -0.497 e. The minimum atomic E-state index is -0.293. The summed E-state index contributed by atoms with van der Waals surface area (Å²) in [6.07, 6.45) is 1.75. The molecule has 0 fully saturated rings. The van der Waals surface area contributed by atoms with Gasteiger partial charge in [0.2, 0.25) is 0 Å². The van der Waals surface area contributed by atoms with E-state index in [1.54, 1.807) is 24.1 Å². The summed E-state index contributed by atoms with van der Waals surface area (Å²) in [5.74, 6) is 0.473. The number of thiazole rings is 1. The molecule has 0 atom stereocenters. The van der Waals surface area contributed by atoms with Crippen molar-refractivity contribution in [2.45, 2.75) is 13.8 Å². The molecule has 0 bridgehead atoms. The zero-order valence-corrected chi connectivity index (χ0v) is 17.2. The van der Waals surface area contributed by atoms with Gasteiger partial charge in [0.05, 0.1) is 18.5 Å². The lowest BCUT2D eigenvalue weighted by Crippen LogP contribution is -2.13. The average molecular weight is 404 g/mol. The topological polar surface area (TPSA) is 69.0 Å². The van der Waals surface area contributed by atoms with Crippen molar-refractivity contribution in [2.24, 2.45) is 0 Å². The van der Waals surface area contributed by atoms with Crippen LogP contribution >= 0.6 is 11.3 Å². The molecule has 2 heterocycles. The van der Waals surface area contributed by atoms with Crippen LogP contribution in [0.15, 0.2) is 60.1 Å². The number of carbonyl (C=O) groups is 1.